The number of aromatic carboxylic acids is 1. The van der Waals surface area contributed by atoms with E-state index in [2.05, 4.69) is 21.2 Å². The van der Waals surface area contributed by atoms with Crippen LogP contribution in [0.15, 0.2) is 46.9 Å². The summed E-state index contributed by atoms with van der Waals surface area (Å²) >= 11 is 9.23. The molecule has 0 unspecified atom stereocenters. The third-order valence-electron chi connectivity index (χ3n) is 3.29. The summed E-state index contributed by atoms with van der Waals surface area (Å²) in [5.74, 6) is -0.963. The van der Waals surface area contributed by atoms with Crippen molar-refractivity contribution >= 4 is 33.5 Å². The average molecular weight is 385 g/mol. The molecular formula is C16H15BrClNO3. The Morgan fingerprint density at radius 1 is 1.23 bits per heavy atom. The van der Waals surface area contributed by atoms with Crippen LogP contribution < -0.4 is 5.32 Å². The van der Waals surface area contributed by atoms with Crippen LogP contribution in [0.25, 0.3) is 0 Å². The topological polar surface area (TPSA) is 69.6 Å². The van der Waals surface area contributed by atoms with Gasteiger partial charge in [-0.05, 0) is 35.4 Å². The summed E-state index contributed by atoms with van der Waals surface area (Å²) in [4.78, 5) is 10.9. The van der Waals surface area contributed by atoms with Gasteiger partial charge in [-0.15, -0.1) is 0 Å². The molecule has 22 heavy (non-hydrogen) atoms. The summed E-state index contributed by atoms with van der Waals surface area (Å²) in [5.41, 5.74) is 2.08. The van der Waals surface area contributed by atoms with Gasteiger partial charge in [0.15, 0.2) is 0 Å². The molecule has 0 aliphatic heterocycles. The summed E-state index contributed by atoms with van der Waals surface area (Å²) in [5, 5.41) is 22.4. The van der Waals surface area contributed by atoms with Gasteiger partial charge in [0.05, 0.1) is 18.2 Å². The van der Waals surface area contributed by atoms with Crippen LogP contribution in [0, 0.1) is 0 Å². The van der Waals surface area contributed by atoms with E-state index in [1.165, 1.54) is 0 Å². The molecule has 0 aliphatic rings. The van der Waals surface area contributed by atoms with Gasteiger partial charge in [-0.2, -0.15) is 0 Å². The zero-order chi connectivity index (χ0) is 16.1. The zero-order valence-corrected chi connectivity index (χ0v) is 13.9. The van der Waals surface area contributed by atoms with Gasteiger partial charge in [0.2, 0.25) is 0 Å². The van der Waals surface area contributed by atoms with E-state index in [1.807, 2.05) is 12.1 Å². The summed E-state index contributed by atoms with van der Waals surface area (Å²) in [6.45, 7) is 0.445. The summed E-state index contributed by atoms with van der Waals surface area (Å²) in [6, 6.07) is 11.9. The highest BCUT2D eigenvalue weighted by atomic mass is 79.9. The van der Waals surface area contributed by atoms with E-state index in [9.17, 15) is 9.90 Å². The Bertz CT molecular complexity index is 661. The number of carbonyl (C=O) groups is 1. The Morgan fingerprint density at radius 3 is 2.45 bits per heavy atom. The molecular weight excluding hydrogens is 370 g/mol. The van der Waals surface area contributed by atoms with Crippen LogP contribution in [0.1, 0.15) is 27.5 Å². The van der Waals surface area contributed by atoms with Gasteiger partial charge < -0.3 is 15.5 Å². The van der Waals surface area contributed by atoms with Crippen molar-refractivity contribution in [3.05, 3.63) is 68.7 Å². The first-order valence-electron chi connectivity index (χ1n) is 6.62. The summed E-state index contributed by atoms with van der Waals surface area (Å²) < 4.78 is 0.715. The standard InChI is InChI=1S/C16H15BrClNO3/c17-14-7-11(16(21)22)1-2-12(14)8-19-15(9-20)10-3-5-13(18)6-4-10/h1-7,15,19-20H,8-9H2,(H,21,22)/t15-/m1/s1. The van der Waals surface area contributed by atoms with E-state index in [0.717, 1.165) is 11.1 Å². The fraction of sp³-hybridized carbons (Fsp3) is 0.188. The molecule has 6 heteroatoms. The lowest BCUT2D eigenvalue weighted by molar-refractivity contribution is 0.0697. The second-order valence-electron chi connectivity index (χ2n) is 4.78. The quantitative estimate of drug-likeness (QED) is 0.711. The first-order chi connectivity index (χ1) is 10.5. The molecule has 0 saturated heterocycles. The third-order valence-corrected chi connectivity index (χ3v) is 4.28. The second-order valence-corrected chi connectivity index (χ2v) is 6.07. The molecule has 2 rings (SSSR count). The number of halogens is 2. The van der Waals surface area contributed by atoms with Crippen molar-refractivity contribution < 1.29 is 15.0 Å². The number of nitrogens with one attached hydrogen (secondary N) is 1. The Morgan fingerprint density at radius 2 is 1.91 bits per heavy atom. The van der Waals surface area contributed by atoms with Gasteiger partial charge in [0.1, 0.15) is 0 Å². The fourth-order valence-electron chi connectivity index (χ4n) is 2.04. The average Bonchev–Trinajstić information content (AvgIpc) is 2.50. The molecule has 116 valence electrons. The van der Waals surface area contributed by atoms with Crippen LogP contribution in [-0.4, -0.2) is 22.8 Å². The van der Waals surface area contributed by atoms with Crippen molar-refractivity contribution in [2.75, 3.05) is 6.61 Å². The lowest BCUT2D eigenvalue weighted by Crippen LogP contribution is -2.24. The molecule has 4 nitrogen and oxygen atoms in total. The number of carboxylic acids is 1. The maximum Gasteiger partial charge on any atom is 0.335 e. The van der Waals surface area contributed by atoms with Crippen LogP contribution in [0.3, 0.4) is 0 Å². The van der Waals surface area contributed by atoms with Crippen molar-refractivity contribution in [3.8, 4) is 0 Å². The van der Waals surface area contributed by atoms with Gasteiger partial charge in [-0.3, -0.25) is 0 Å². The Labute approximate surface area is 141 Å². The first kappa shape index (κ1) is 17.0. The van der Waals surface area contributed by atoms with Gasteiger partial charge in [-0.25, -0.2) is 4.79 Å². The molecule has 0 fully saturated rings. The molecule has 0 bridgehead atoms. The highest BCUT2D eigenvalue weighted by Crippen LogP contribution is 2.21. The molecule has 3 N–H and O–H groups in total. The number of aliphatic hydroxyl groups is 1. The minimum absolute atomic E-state index is 0.0491. The Balaban J connectivity index is 2.07. The fourth-order valence-corrected chi connectivity index (χ4v) is 2.68. The van der Waals surface area contributed by atoms with Crippen LogP contribution in [-0.2, 0) is 6.54 Å². The highest BCUT2D eigenvalue weighted by Gasteiger charge is 2.12. The van der Waals surface area contributed by atoms with Crippen molar-refractivity contribution in [1.29, 1.82) is 0 Å². The molecule has 1 atom stereocenters. The van der Waals surface area contributed by atoms with Crippen molar-refractivity contribution in [2.24, 2.45) is 0 Å². The van der Waals surface area contributed by atoms with Crippen molar-refractivity contribution in [3.63, 3.8) is 0 Å². The maximum atomic E-state index is 10.9. The molecule has 0 heterocycles. The molecule has 0 saturated carbocycles. The highest BCUT2D eigenvalue weighted by molar-refractivity contribution is 9.10. The molecule has 0 aromatic heterocycles. The zero-order valence-electron chi connectivity index (χ0n) is 11.6. The number of carboxylic acid groups (broad SMARTS) is 1. The van der Waals surface area contributed by atoms with Crippen molar-refractivity contribution in [1.82, 2.24) is 5.32 Å². The lowest BCUT2D eigenvalue weighted by atomic mass is 10.1. The predicted octanol–water partition coefficient (Wildman–Crippen LogP) is 3.62. The number of rotatable bonds is 6. The smallest absolute Gasteiger partial charge is 0.335 e. The number of hydrogen-bond donors (Lipinski definition) is 3. The molecule has 2 aromatic rings. The van der Waals surface area contributed by atoms with E-state index in [0.29, 0.717) is 16.0 Å². The van der Waals surface area contributed by atoms with E-state index in [-0.39, 0.29) is 18.2 Å². The summed E-state index contributed by atoms with van der Waals surface area (Å²) in [6.07, 6.45) is 0. The van der Waals surface area contributed by atoms with E-state index >= 15 is 0 Å². The second kappa shape index (κ2) is 7.74. The Hall–Kier alpha value is -1.40. The minimum atomic E-state index is -0.963. The van der Waals surface area contributed by atoms with E-state index < -0.39 is 5.97 Å². The number of benzene rings is 2. The van der Waals surface area contributed by atoms with E-state index in [1.54, 1.807) is 30.3 Å². The van der Waals surface area contributed by atoms with Crippen LogP contribution in [0.4, 0.5) is 0 Å². The van der Waals surface area contributed by atoms with Gasteiger partial charge in [0, 0.05) is 16.0 Å². The number of aliphatic hydroxyl groups excluding tert-OH is 1. The molecule has 0 amide bonds. The van der Waals surface area contributed by atoms with Crippen LogP contribution in [0.2, 0.25) is 5.02 Å². The van der Waals surface area contributed by atoms with Crippen LogP contribution >= 0.6 is 27.5 Å². The maximum absolute atomic E-state index is 10.9. The Kier molecular flexibility index (Phi) is 5.97. The van der Waals surface area contributed by atoms with Crippen molar-refractivity contribution in [2.45, 2.75) is 12.6 Å². The monoisotopic (exact) mass is 383 g/mol. The molecule has 0 radical (unpaired) electrons. The lowest BCUT2D eigenvalue weighted by Gasteiger charge is -2.17. The van der Waals surface area contributed by atoms with Gasteiger partial charge >= 0.3 is 5.97 Å². The minimum Gasteiger partial charge on any atom is -0.478 e. The molecule has 2 aromatic carbocycles. The van der Waals surface area contributed by atoms with Gasteiger partial charge in [-0.1, -0.05) is 45.7 Å². The predicted molar refractivity (Wildman–Crippen MR) is 89.2 cm³/mol. The summed E-state index contributed by atoms with van der Waals surface area (Å²) in [7, 11) is 0. The number of hydrogen-bond acceptors (Lipinski definition) is 3. The normalized spacial score (nSPS) is 12.1. The van der Waals surface area contributed by atoms with E-state index in [4.69, 9.17) is 16.7 Å². The largest absolute Gasteiger partial charge is 0.478 e. The SMILES string of the molecule is O=C(O)c1ccc(CN[C@H](CO)c2ccc(Cl)cc2)c(Br)c1. The molecule has 0 spiro atoms. The third kappa shape index (κ3) is 4.30. The molecule has 0 aliphatic carbocycles. The first-order valence-corrected chi connectivity index (χ1v) is 7.79. The van der Waals surface area contributed by atoms with Crippen LogP contribution in [0.5, 0.6) is 0 Å². The van der Waals surface area contributed by atoms with Gasteiger partial charge in [0.25, 0.3) is 0 Å².